The Morgan fingerprint density at radius 1 is 0.913 bits per heavy atom. The van der Waals surface area contributed by atoms with Crippen molar-refractivity contribution in [3.8, 4) is 0 Å². The van der Waals surface area contributed by atoms with Gasteiger partial charge in [0.05, 0.1) is 5.92 Å². The molecule has 2 heteroatoms. The maximum Gasteiger partial charge on any atom is 0.165 e. The van der Waals surface area contributed by atoms with E-state index in [1.165, 1.54) is 16.5 Å². The lowest BCUT2D eigenvalue weighted by molar-refractivity contribution is -0.122. The van der Waals surface area contributed by atoms with E-state index >= 15 is 0 Å². The molecule has 2 aromatic rings. The summed E-state index contributed by atoms with van der Waals surface area (Å²) in [7, 11) is 0. The molecule has 0 bridgehead atoms. The molecule has 0 aliphatic heterocycles. The second kappa shape index (κ2) is 4.12. The summed E-state index contributed by atoms with van der Waals surface area (Å²) in [6.07, 6.45) is 0. The van der Waals surface area contributed by atoms with Crippen molar-refractivity contribution < 1.29 is 9.90 Å². The van der Waals surface area contributed by atoms with Gasteiger partial charge in [-0.1, -0.05) is 19.1 Å². The van der Waals surface area contributed by atoms with Crippen LogP contribution in [0.5, 0.6) is 0 Å². The van der Waals surface area contributed by atoms with Crippen molar-refractivity contribution in [2.45, 2.75) is 47.1 Å². The molecule has 2 atom stereocenters. The third-order valence-corrected chi connectivity index (χ3v) is 5.97. The molecule has 118 valence electrons. The van der Waals surface area contributed by atoms with E-state index < -0.39 is 11.5 Å². The zero-order valence-corrected chi connectivity index (χ0v) is 14.6. The molecule has 0 saturated heterocycles. The lowest BCUT2D eigenvalue weighted by Crippen LogP contribution is -2.32. The van der Waals surface area contributed by atoms with Crippen molar-refractivity contribution >= 4 is 22.1 Å². The molecule has 2 aromatic carbocycles. The highest BCUT2D eigenvalue weighted by Gasteiger charge is 2.56. The SMILES string of the molecule is CC1=C2c3c(C)cc(C)c4c(C)cc(C)c(c34)C2(O)C(C)C1=O. The van der Waals surface area contributed by atoms with Gasteiger partial charge in [-0.2, -0.15) is 0 Å². The zero-order chi connectivity index (χ0) is 16.8. The summed E-state index contributed by atoms with van der Waals surface area (Å²) in [6, 6.07) is 4.33. The first-order valence-corrected chi connectivity index (χ1v) is 8.24. The minimum absolute atomic E-state index is 0.0706. The number of aryl methyl sites for hydroxylation is 4. The van der Waals surface area contributed by atoms with Crippen LogP contribution in [0, 0.1) is 33.6 Å². The number of aliphatic hydroxyl groups is 1. The molecular formula is C21H22O2. The average Bonchev–Trinajstić information content (AvgIpc) is 2.82. The van der Waals surface area contributed by atoms with Gasteiger partial charge in [-0.15, -0.1) is 0 Å². The van der Waals surface area contributed by atoms with E-state index in [1.807, 2.05) is 13.8 Å². The van der Waals surface area contributed by atoms with E-state index in [2.05, 4.69) is 39.8 Å². The molecule has 4 rings (SSSR count). The molecule has 0 aromatic heterocycles. The largest absolute Gasteiger partial charge is 0.380 e. The molecule has 2 nitrogen and oxygen atoms in total. The van der Waals surface area contributed by atoms with Crippen LogP contribution in [0.15, 0.2) is 17.7 Å². The fourth-order valence-electron chi connectivity index (χ4n) is 5.09. The number of fused-ring (bicyclic) bond motifs is 3. The van der Waals surface area contributed by atoms with E-state index in [4.69, 9.17) is 0 Å². The minimum atomic E-state index is -1.17. The van der Waals surface area contributed by atoms with Gasteiger partial charge in [-0.05, 0) is 78.8 Å². The number of carbonyl (C=O) groups excluding carboxylic acids is 1. The number of Topliss-reactive ketones (excluding diaryl/α,β-unsaturated/α-hetero) is 1. The molecule has 0 heterocycles. The summed E-state index contributed by atoms with van der Waals surface area (Å²) >= 11 is 0. The summed E-state index contributed by atoms with van der Waals surface area (Å²) < 4.78 is 0. The Hall–Kier alpha value is -1.93. The Morgan fingerprint density at radius 3 is 2.09 bits per heavy atom. The number of carbonyl (C=O) groups is 1. The highest BCUT2D eigenvalue weighted by atomic mass is 16.3. The molecule has 0 fully saturated rings. The molecule has 23 heavy (non-hydrogen) atoms. The van der Waals surface area contributed by atoms with Crippen LogP contribution in [0.25, 0.3) is 16.3 Å². The van der Waals surface area contributed by atoms with Gasteiger partial charge in [0.2, 0.25) is 0 Å². The van der Waals surface area contributed by atoms with Crippen LogP contribution in [-0.2, 0) is 10.4 Å². The Balaban J connectivity index is 2.35. The molecule has 0 radical (unpaired) electrons. The molecule has 0 saturated carbocycles. The molecule has 0 amide bonds. The summed E-state index contributed by atoms with van der Waals surface area (Å²) in [5, 5.41) is 14.1. The zero-order valence-electron chi connectivity index (χ0n) is 14.6. The van der Waals surface area contributed by atoms with E-state index in [1.54, 1.807) is 0 Å². The summed E-state index contributed by atoms with van der Waals surface area (Å²) in [4.78, 5) is 12.6. The monoisotopic (exact) mass is 306 g/mol. The smallest absolute Gasteiger partial charge is 0.165 e. The molecule has 2 unspecified atom stereocenters. The third kappa shape index (κ3) is 1.41. The number of rotatable bonds is 0. The minimum Gasteiger partial charge on any atom is -0.380 e. The van der Waals surface area contributed by atoms with Crippen LogP contribution in [0.1, 0.15) is 47.2 Å². The second-order valence-electron chi connectivity index (χ2n) is 7.37. The van der Waals surface area contributed by atoms with Crippen LogP contribution in [0.2, 0.25) is 0 Å². The molecule has 2 aliphatic rings. The number of allylic oxidation sites excluding steroid dienone is 1. The second-order valence-corrected chi connectivity index (χ2v) is 7.37. The normalized spacial score (nSPS) is 25.7. The maximum absolute atomic E-state index is 12.6. The van der Waals surface area contributed by atoms with Crippen LogP contribution in [-0.4, -0.2) is 10.9 Å². The van der Waals surface area contributed by atoms with Gasteiger partial charge in [-0.25, -0.2) is 0 Å². The highest BCUT2D eigenvalue weighted by Crippen LogP contribution is 2.60. The average molecular weight is 306 g/mol. The van der Waals surface area contributed by atoms with Gasteiger partial charge in [0.1, 0.15) is 5.60 Å². The Bertz CT molecular complexity index is 954. The quantitative estimate of drug-likeness (QED) is 0.789. The van der Waals surface area contributed by atoms with Gasteiger partial charge in [0.15, 0.2) is 5.78 Å². The van der Waals surface area contributed by atoms with Crippen molar-refractivity contribution in [3.63, 3.8) is 0 Å². The van der Waals surface area contributed by atoms with Gasteiger partial charge in [-0.3, -0.25) is 4.79 Å². The first-order valence-electron chi connectivity index (χ1n) is 8.24. The van der Waals surface area contributed by atoms with Crippen LogP contribution in [0.4, 0.5) is 0 Å². The van der Waals surface area contributed by atoms with E-state index in [0.29, 0.717) is 0 Å². The van der Waals surface area contributed by atoms with Crippen molar-refractivity contribution in [1.29, 1.82) is 0 Å². The fourth-order valence-corrected chi connectivity index (χ4v) is 5.09. The van der Waals surface area contributed by atoms with Crippen molar-refractivity contribution in [1.82, 2.24) is 0 Å². The lowest BCUT2D eigenvalue weighted by Gasteiger charge is -2.28. The predicted molar refractivity (Wildman–Crippen MR) is 93.6 cm³/mol. The highest BCUT2D eigenvalue weighted by molar-refractivity contribution is 6.19. The third-order valence-electron chi connectivity index (χ3n) is 5.97. The standard InChI is InChI=1S/C21H22O2/c1-9-7-11(3)16-17-15(9)10(2)8-12(4)18(17)21(23)14(6)20(22)13(5)19(16)21/h7-8,14,23H,1-6H3. The molecule has 2 aliphatic carbocycles. The number of hydrogen-bond donors (Lipinski definition) is 1. The van der Waals surface area contributed by atoms with Crippen molar-refractivity contribution in [2.24, 2.45) is 5.92 Å². The van der Waals surface area contributed by atoms with Gasteiger partial charge < -0.3 is 5.11 Å². The van der Waals surface area contributed by atoms with Crippen molar-refractivity contribution in [2.75, 3.05) is 0 Å². The number of hydrogen-bond acceptors (Lipinski definition) is 2. The maximum atomic E-state index is 12.6. The van der Waals surface area contributed by atoms with E-state index in [-0.39, 0.29) is 5.78 Å². The first kappa shape index (κ1) is 14.6. The van der Waals surface area contributed by atoms with Crippen LogP contribution < -0.4 is 0 Å². The lowest BCUT2D eigenvalue weighted by atomic mass is 9.81. The summed E-state index contributed by atoms with van der Waals surface area (Å²) in [6.45, 7) is 12.1. The number of benzene rings is 2. The van der Waals surface area contributed by atoms with Gasteiger partial charge >= 0.3 is 0 Å². The van der Waals surface area contributed by atoms with Crippen molar-refractivity contribution in [3.05, 3.63) is 51.1 Å². The summed E-state index contributed by atoms with van der Waals surface area (Å²) in [5.41, 5.74) is 7.14. The van der Waals surface area contributed by atoms with Crippen LogP contribution >= 0.6 is 0 Å². The van der Waals surface area contributed by atoms with E-state index in [0.717, 1.165) is 38.8 Å². The Morgan fingerprint density at radius 2 is 1.48 bits per heavy atom. The summed E-state index contributed by atoms with van der Waals surface area (Å²) in [5.74, 6) is -0.351. The Kier molecular flexibility index (Phi) is 2.63. The van der Waals surface area contributed by atoms with Crippen LogP contribution in [0.3, 0.4) is 0 Å². The first-order chi connectivity index (χ1) is 10.7. The molecule has 0 spiro atoms. The fraction of sp³-hybridized carbons (Fsp3) is 0.381. The van der Waals surface area contributed by atoms with E-state index in [9.17, 15) is 9.90 Å². The molecular weight excluding hydrogens is 284 g/mol. The van der Waals surface area contributed by atoms with Gasteiger partial charge in [0.25, 0.3) is 0 Å². The van der Waals surface area contributed by atoms with Gasteiger partial charge in [0, 0.05) is 11.1 Å². The number of ketones is 1. The Labute approximate surface area is 136 Å². The predicted octanol–water partition coefficient (Wildman–Crippen LogP) is 4.27. The topological polar surface area (TPSA) is 37.3 Å². The molecule has 1 N–H and O–H groups in total.